The molecular weight excluding hydrogens is 224 g/mol. The molecule has 0 saturated carbocycles. The number of nitrogens with zero attached hydrogens (tertiary/aromatic N) is 2. The van der Waals surface area contributed by atoms with Gasteiger partial charge in [-0.25, -0.2) is 0 Å². The van der Waals surface area contributed by atoms with Crippen LogP contribution in [0.2, 0.25) is 0 Å². The summed E-state index contributed by atoms with van der Waals surface area (Å²) in [5.41, 5.74) is 1.04. The quantitative estimate of drug-likeness (QED) is 0.886. The van der Waals surface area contributed by atoms with Crippen molar-refractivity contribution in [1.82, 2.24) is 9.80 Å². The molecule has 1 unspecified atom stereocenters. The van der Waals surface area contributed by atoms with Gasteiger partial charge in [0.2, 0.25) is 0 Å². The SMILES string of the molecule is CCC(C)N1CCN(Cc2ccccc2O)CC1. The highest BCUT2D eigenvalue weighted by Crippen LogP contribution is 2.19. The van der Waals surface area contributed by atoms with E-state index in [-0.39, 0.29) is 0 Å². The van der Waals surface area contributed by atoms with Gasteiger partial charge in [-0.3, -0.25) is 9.80 Å². The number of rotatable bonds is 4. The van der Waals surface area contributed by atoms with Gasteiger partial charge in [-0.15, -0.1) is 0 Å². The number of phenols is 1. The van der Waals surface area contributed by atoms with Gasteiger partial charge in [0, 0.05) is 44.3 Å². The van der Waals surface area contributed by atoms with Crippen molar-refractivity contribution in [2.45, 2.75) is 32.9 Å². The number of benzene rings is 1. The van der Waals surface area contributed by atoms with E-state index >= 15 is 0 Å². The lowest BCUT2D eigenvalue weighted by Gasteiger charge is -2.37. The van der Waals surface area contributed by atoms with Crippen molar-refractivity contribution in [3.8, 4) is 5.75 Å². The van der Waals surface area contributed by atoms with Crippen LogP contribution < -0.4 is 0 Å². The number of piperazine rings is 1. The van der Waals surface area contributed by atoms with Crippen LogP contribution in [-0.2, 0) is 6.54 Å². The second-order valence-corrected chi connectivity index (χ2v) is 5.20. The van der Waals surface area contributed by atoms with Gasteiger partial charge in [0.15, 0.2) is 0 Å². The summed E-state index contributed by atoms with van der Waals surface area (Å²) in [4.78, 5) is 4.98. The van der Waals surface area contributed by atoms with Crippen LogP contribution in [0.3, 0.4) is 0 Å². The highest BCUT2D eigenvalue weighted by Gasteiger charge is 2.20. The minimum Gasteiger partial charge on any atom is -0.508 e. The molecule has 1 aliphatic rings. The fourth-order valence-electron chi connectivity index (χ4n) is 2.51. The van der Waals surface area contributed by atoms with E-state index in [4.69, 9.17) is 0 Å². The van der Waals surface area contributed by atoms with Crippen molar-refractivity contribution in [2.24, 2.45) is 0 Å². The van der Waals surface area contributed by atoms with Crippen LogP contribution in [0.1, 0.15) is 25.8 Å². The first-order chi connectivity index (χ1) is 8.70. The average Bonchev–Trinajstić information content (AvgIpc) is 2.41. The minimum absolute atomic E-state index is 0.418. The maximum Gasteiger partial charge on any atom is 0.120 e. The average molecular weight is 248 g/mol. The van der Waals surface area contributed by atoms with E-state index in [1.807, 2.05) is 18.2 Å². The topological polar surface area (TPSA) is 26.7 Å². The molecule has 1 aromatic carbocycles. The lowest BCUT2D eigenvalue weighted by molar-refractivity contribution is 0.0958. The Morgan fingerprint density at radius 2 is 1.83 bits per heavy atom. The molecule has 0 radical (unpaired) electrons. The Morgan fingerprint density at radius 1 is 1.17 bits per heavy atom. The van der Waals surface area contributed by atoms with Gasteiger partial charge < -0.3 is 5.11 Å². The van der Waals surface area contributed by atoms with E-state index in [0.717, 1.165) is 38.3 Å². The predicted molar refractivity (Wildman–Crippen MR) is 74.7 cm³/mol. The first-order valence-corrected chi connectivity index (χ1v) is 6.94. The summed E-state index contributed by atoms with van der Waals surface area (Å²) >= 11 is 0. The summed E-state index contributed by atoms with van der Waals surface area (Å²) in [6, 6.07) is 8.34. The van der Waals surface area contributed by atoms with Gasteiger partial charge in [0.05, 0.1) is 0 Å². The summed E-state index contributed by atoms with van der Waals surface area (Å²) in [6.45, 7) is 9.89. The predicted octanol–water partition coefficient (Wildman–Crippen LogP) is 2.31. The maximum absolute atomic E-state index is 9.78. The van der Waals surface area contributed by atoms with Crippen molar-refractivity contribution in [3.05, 3.63) is 29.8 Å². The van der Waals surface area contributed by atoms with Crippen LogP contribution >= 0.6 is 0 Å². The molecule has 0 aromatic heterocycles. The Kier molecular flexibility index (Phi) is 4.61. The molecule has 1 heterocycles. The van der Waals surface area contributed by atoms with E-state index in [2.05, 4.69) is 23.6 Å². The van der Waals surface area contributed by atoms with Crippen molar-refractivity contribution in [2.75, 3.05) is 26.2 Å². The number of hydrogen-bond acceptors (Lipinski definition) is 3. The second kappa shape index (κ2) is 6.21. The molecule has 1 aliphatic heterocycles. The molecular formula is C15H24N2O. The highest BCUT2D eigenvalue weighted by molar-refractivity contribution is 5.31. The van der Waals surface area contributed by atoms with Crippen LogP contribution in [0.15, 0.2) is 24.3 Å². The third kappa shape index (κ3) is 3.24. The van der Waals surface area contributed by atoms with E-state index in [1.54, 1.807) is 6.07 Å². The van der Waals surface area contributed by atoms with E-state index in [1.165, 1.54) is 6.42 Å². The molecule has 18 heavy (non-hydrogen) atoms. The molecule has 0 spiro atoms. The summed E-state index contributed by atoms with van der Waals surface area (Å²) in [7, 11) is 0. The molecule has 1 saturated heterocycles. The Morgan fingerprint density at radius 3 is 2.44 bits per heavy atom. The zero-order valence-electron chi connectivity index (χ0n) is 11.5. The van der Waals surface area contributed by atoms with E-state index < -0.39 is 0 Å². The molecule has 2 rings (SSSR count). The largest absolute Gasteiger partial charge is 0.508 e. The molecule has 0 bridgehead atoms. The first-order valence-electron chi connectivity index (χ1n) is 6.94. The number of para-hydroxylation sites is 1. The summed E-state index contributed by atoms with van der Waals surface area (Å²) in [5.74, 6) is 0.418. The van der Waals surface area contributed by atoms with Crippen molar-refractivity contribution in [3.63, 3.8) is 0 Å². The Balaban J connectivity index is 1.86. The van der Waals surface area contributed by atoms with Gasteiger partial charge in [0.1, 0.15) is 5.75 Å². The number of phenolic OH excluding ortho intramolecular Hbond substituents is 1. The molecule has 1 atom stereocenters. The number of aromatic hydroxyl groups is 1. The standard InChI is InChI=1S/C15H24N2O/c1-3-13(2)17-10-8-16(9-11-17)12-14-6-4-5-7-15(14)18/h4-7,13,18H,3,8-12H2,1-2H3. The molecule has 1 aromatic rings. The minimum atomic E-state index is 0.418. The lowest BCUT2D eigenvalue weighted by Crippen LogP contribution is -2.48. The Labute approximate surface area is 110 Å². The molecule has 3 heteroatoms. The second-order valence-electron chi connectivity index (χ2n) is 5.20. The van der Waals surface area contributed by atoms with Crippen molar-refractivity contribution >= 4 is 0 Å². The summed E-state index contributed by atoms with van der Waals surface area (Å²) < 4.78 is 0. The highest BCUT2D eigenvalue weighted by atomic mass is 16.3. The van der Waals surface area contributed by atoms with Crippen LogP contribution in [0.25, 0.3) is 0 Å². The van der Waals surface area contributed by atoms with Crippen LogP contribution in [-0.4, -0.2) is 47.1 Å². The van der Waals surface area contributed by atoms with Gasteiger partial charge in [-0.05, 0) is 19.4 Å². The molecule has 0 aliphatic carbocycles. The fourth-order valence-corrected chi connectivity index (χ4v) is 2.51. The van der Waals surface area contributed by atoms with Crippen LogP contribution in [0, 0.1) is 0 Å². The smallest absolute Gasteiger partial charge is 0.120 e. The van der Waals surface area contributed by atoms with E-state index in [9.17, 15) is 5.11 Å². The van der Waals surface area contributed by atoms with Gasteiger partial charge >= 0.3 is 0 Å². The molecule has 1 N–H and O–H groups in total. The summed E-state index contributed by atoms with van der Waals surface area (Å²) in [6.07, 6.45) is 1.22. The molecule has 100 valence electrons. The van der Waals surface area contributed by atoms with Crippen molar-refractivity contribution < 1.29 is 5.11 Å². The van der Waals surface area contributed by atoms with Crippen LogP contribution in [0.5, 0.6) is 5.75 Å². The van der Waals surface area contributed by atoms with Gasteiger partial charge in [-0.1, -0.05) is 25.1 Å². The molecule has 0 amide bonds. The van der Waals surface area contributed by atoms with Crippen molar-refractivity contribution in [1.29, 1.82) is 0 Å². The Bertz CT molecular complexity index is 373. The van der Waals surface area contributed by atoms with Gasteiger partial charge in [0.25, 0.3) is 0 Å². The van der Waals surface area contributed by atoms with Crippen LogP contribution in [0.4, 0.5) is 0 Å². The monoisotopic (exact) mass is 248 g/mol. The third-order valence-electron chi connectivity index (χ3n) is 4.01. The summed E-state index contributed by atoms with van der Waals surface area (Å²) in [5, 5.41) is 9.78. The lowest BCUT2D eigenvalue weighted by atomic mass is 10.1. The molecule has 3 nitrogen and oxygen atoms in total. The first kappa shape index (κ1) is 13.4. The maximum atomic E-state index is 9.78. The fraction of sp³-hybridized carbons (Fsp3) is 0.600. The molecule has 1 fully saturated rings. The normalized spacial score (nSPS) is 19.9. The number of hydrogen-bond donors (Lipinski definition) is 1. The third-order valence-corrected chi connectivity index (χ3v) is 4.01. The Hall–Kier alpha value is -1.06. The van der Waals surface area contributed by atoms with E-state index in [0.29, 0.717) is 11.8 Å². The van der Waals surface area contributed by atoms with Gasteiger partial charge in [-0.2, -0.15) is 0 Å². The zero-order chi connectivity index (χ0) is 13.0. The zero-order valence-corrected chi connectivity index (χ0v) is 11.5.